The highest BCUT2D eigenvalue weighted by atomic mass is 35.5. The van der Waals surface area contributed by atoms with Crippen LogP contribution in [0.2, 0.25) is 0 Å². The zero-order chi connectivity index (χ0) is 25.6. The van der Waals surface area contributed by atoms with Crippen LogP contribution < -0.4 is 0 Å². The summed E-state index contributed by atoms with van der Waals surface area (Å²) >= 11 is 13.4. The van der Waals surface area contributed by atoms with Crippen LogP contribution in [0.3, 0.4) is 0 Å². The Bertz CT molecular complexity index is 1060. The molecule has 6 atom stereocenters. The Morgan fingerprint density at radius 3 is 2.32 bits per heavy atom. The molecule has 2 aliphatic carbocycles. The third kappa shape index (κ3) is 3.51. The predicted molar refractivity (Wildman–Crippen MR) is 130 cm³/mol. The molecular formula is C26H34Cl2O6. The Morgan fingerprint density at radius 1 is 1.09 bits per heavy atom. The largest absolute Gasteiger partial charge is 0.508 e. The number of ketones is 2. The second kappa shape index (κ2) is 7.83. The second-order valence-electron chi connectivity index (χ2n) is 11.8. The SMILES string of the molecule is Cc1c(O)cc2c(c1O)C(=O)C1C[C@@H](Cl)C(C)(C)O[C@@]1(C[C@H]1C(C)(C)[C@@H](Cl)CC[C@]1(C)O)C2=O. The Kier molecular flexibility index (Phi) is 5.93. The topological polar surface area (TPSA) is 104 Å². The molecule has 0 spiro atoms. The number of hydrogen-bond acceptors (Lipinski definition) is 6. The molecule has 0 amide bonds. The first-order valence-corrected chi connectivity index (χ1v) is 12.7. The summed E-state index contributed by atoms with van der Waals surface area (Å²) < 4.78 is 6.53. The summed E-state index contributed by atoms with van der Waals surface area (Å²) in [5.41, 5.74) is -4.29. The van der Waals surface area contributed by atoms with Crippen molar-refractivity contribution in [1.29, 1.82) is 0 Å². The number of alkyl halides is 2. The highest BCUT2D eigenvalue weighted by molar-refractivity contribution is 6.24. The van der Waals surface area contributed by atoms with Crippen molar-refractivity contribution in [2.75, 3.05) is 0 Å². The lowest BCUT2D eigenvalue weighted by molar-refractivity contribution is -0.196. The summed E-state index contributed by atoms with van der Waals surface area (Å²) in [6, 6.07) is 1.24. The molecule has 0 aromatic heterocycles. The number of halogens is 2. The molecular weight excluding hydrogens is 479 g/mol. The van der Waals surface area contributed by atoms with E-state index >= 15 is 0 Å². The molecule has 1 aromatic rings. The number of carbonyl (C=O) groups is 2. The van der Waals surface area contributed by atoms with Crippen molar-refractivity contribution in [1.82, 2.24) is 0 Å². The number of Topliss-reactive ketones (excluding diaryl/α,β-unsaturated/α-hetero) is 2. The molecule has 1 aliphatic heterocycles. The number of benzene rings is 1. The molecule has 8 heteroatoms. The van der Waals surface area contributed by atoms with E-state index in [0.29, 0.717) is 12.8 Å². The molecule has 1 saturated heterocycles. The van der Waals surface area contributed by atoms with Gasteiger partial charge in [-0.1, -0.05) is 13.8 Å². The van der Waals surface area contributed by atoms with Crippen LogP contribution in [0.15, 0.2) is 6.07 Å². The minimum Gasteiger partial charge on any atom is -0.508 e. The van der Waals surface area contributed by atoms with Crippen LogP contribution in [-0.2, 0) is 4.74 Å². The second-order valence-corrected chi connectivity index (χ2v) is 12.8. The summed E-state index contributed by atoms with van der Waals surface area (Å²) in [6.07, 6.45) is 1.32. The van der Waals surface area contributed by atoms with Crippen molar-refractivity contribution in [3.8, 4) is 11.5 Å². The lowest BCUT2D eigenvalue weighted by Crippen LogP contribution is -2.67. The van der Waals surface area contributed by atoms with Crippen LogP contribution in [0.25, 0.3) is 0 Å². The molecule has 0 bridgehead atoms. The molecule has 1 heterocycles. The van der Waals surface area contributed by atoms with E-state index in [1.165, 1.54) is 13.0 Å². The van der Waals surface area contributed by atoms with E-state index in [9.17, 15) is 24.9 Å². The molecule has 34 heavy (non-hydrogen) atoms. The monoisotopic (exact) mass is 512 g/mol. The fourth-order valence-electron chi connectivity index (χ4n) is 6.44. The molecule has 1 aromatic carbocycles. The molecule has 0 radical (unpaired) electrons. The number of phenolic OH excluding ortho intramolecular Hbond substituents is 2. The summed E-state index contributed by atoms with van der Waals surface area (Å²) in [7, 11) is 0. The Hall–Kier alpha value is -1.34. The van der Waals surface area contributed by atoms with E-state index in [1.807, 2.05) is 13.8 Å². The van der Waals surface area contributed by atoms with Gasteiger partial charge in [-0.2, -0.15) is 0 Å². The van der Waals surface area contributed by atoms with Gasteiger partial charge >= 0.3 is 0 Å². The molecule has 6 nitrogen and oxygen atoms in total. The van der Waals surface area contributed by atoms with Gasteiger partial charge in [0.25, 0.3) is 0 Å². The summed E-state index contributed by atoms with van der Waals surface area (Å²) in [5, 5.41) is 31.7. The summed E-state index contributed by atoms with van der Waals surface area (Å²) in [5.74, 6) is -3.01. The third-order valence-electron chi connectivity index (χ3n) is 8.79. The minimum atomic E-state index is -1.62. The molecule has 2 fully saturated rings. The number of carbonyl (C=O) groups excluding carboxylic acids is 2. The van der Waals surface area contributed by atoms with Crippen LogP contribution in [0.5, 0.6) is 11.5 Å². The molecule has 1 unspecified atom stereocenters. The number of hydrogen-bond donors (Lipinski definition) is 3. The van der Waals surface area contributed by atoms with Gasteiger partial charge in [0.05, 0.1) is 28.1 Å². The van der Waals surface area contributed by atoms with Crippen LogP contribution in [0, 0.1) is 24.2 Å². The van der Waals surface area contributed by atoms with Gasteiger partial charge in [0.2, 0.25) is 0 Å². The smallest absolute Gasteiger partial charge is 0.196 e. The maximum absolute atomic E-state index is 14.2. The first kappa shape index (κ1) is 25.7. The van der Waals surface area contributed by atoms with E-state index in [0.717, 1.165) is 0 Å². The molecule has 4 rings (SSSR count). The van der Waals surface area contributed by atoms with Gasteiger partial charge in [0, 0.05) is 16.5 Å². The van der Waals surface area contributed by atoms with Crippen LogP contribution >= 0.6 is 23.2 Å². The number of rotatable bonds is 2. The zero-order valence-electron chi connectivity index (χ0n) is 20.5. The van der Waals surface area contributed by atoms with E-state index in [1.54, 1.807) is 20.8 Å². The van der Waals surface area contributed by atoms with E-state index in [2.05, 4.69) is 0 Å². The van der Waals surface area contributed by atoms with Gasteiger partial charge in [-0.05, 0) is 70.8 Å². The van der Waals surface area contributed by atoms with Crippen molar-refractivity contribution >= 4 is 34.8 Å². The number of ether oxygens (including phenoxy) is 1. The maximum atomic E-state index is 14.2. The number of aromatic hydroxyl groups is 2. The molecule has 3 N–H and O–H groups in total. The standard InChI is InChI=1S/C26H34Cl2O6/c1-12-15(29)9-13-19(20(12)30)21(31)14-10-18(28)24(4,5)34-26(14,22(13)32)11-16-23(2,3)17(27)7-8-25(16,6)33/h9,14,16-18,29-30,33H,7-8,10-11H2,1-6H3/t14?,16-,17-,18+,25-,26+/m0/s1. The van der Waals surface area contributed by atoms with Crippen LogP contribution in [0.4, 0.5) is 0 Å². The van der Waals surface area contributed by atoms with Gasteiger partial charge in [0.1, 0.15) is 17.1 Å². The van der Waals surface area contributed by atoms with Crippen molar-refractivity contribution in [2.45, 2.75) is 94.8 Å². The highest BCUT2D eigenvalue weighted by Gasteiger charge is 2.65. The van der Waals surface area contributed by atoms with Crippen LogP contribution in [0.1, 0.15) is 86.6 Å². The van der Waals surface area contributed by atoms with Gasteiger partial charge < -0.3 is 20.1 Å². The fourth-order valence-corrected chi connectivity index (χ4v) is 6.92. The van der Waals surface area contributed by atoms with Crippen molar-refractivity contribution in [2.24, 2.45) is 17.3 Å². The zero-order valence-corrected chi connectivity index (χ0v) is 22.0. The van der Waals surface area contributed by atoms with Gasteiger partial charge in [-0.25, -0.2) is 0 Å². The lowest BCUT2D eigenvalue weighted by Gasteiger charge is -2.58. The van der Waals surface area contributed by atoms with E-state index < -0.39 is 56.7 Å². The molecule has 188 valence electrons. The van der Waals surface area contributed by atoms with Crippen molar-refractivity contribution < 1.29 is 29.6 Å². The van der Waals surface area contributed by atoms with Crippen molar-refractivity contribution in [3.63, 3.8) is 0 Å². The Labute approximate surface area is 210 Å². The van der Waals surface area contributed by atoms with Crippen molar-refractivity contribution in [3.05, 3.63) is 22.8 Å². The maximum Gasteiger partial charge on any atom is 0.196 e. The normalized spacial score (nSPS) is 38.9. The number of aliphatic hydroxyl groups is 1. The van der Waals surface area contributed by atoms with E-state index in [-0.39, 0.29) is 40.7 Å². The third-order valence-corrected chi connectivity index (χ3v) is 10.3. The average molecular weight is 513 g/mol. The first-order valence-electron chi connectivity index (χ1n) is 11.8. The van der Waals surface area contributed by atoms with Gasteiger partial charge in [-0.3, -0.25) is 9.59 Å². The first-order chi connectivity index (χ1) is 15.5. The fraction of sp³-hybridized carbons (Fsp3) is 0.692. The average Bonchev–Trinajstić information content (AvgIpc) is 2.73. The number of fused-ring (bicyclic) bond motifs is 2. The molecule has 3 aliphatic rings. The summed E-state index contributed by atoms with van der Waals surface area (Å²) in [6.45, 7) is 10.7. The highest BCUT2D eigenvalue weighted by Crippen LogP contribution is 2.58. The Morgan fingerprint density at radius 2 is 1.71 bits per heavy atom. The predicted octanol–water partition coefficient (Wildman–Crippen LogP) is 5.13. The van der Waals surface area contributed by atoms with Gasteiger partial charge in [-0.15, -0.1) is 23.2 Å². The summed E-state index contributed by atoms with van der Waals surface area (Å²) in [4.78, 5) is 28.1. The number of phenols is 2. The van der Waals surface area contributed by atoms with E-state index in [4.69, 9.17) is 27.9 Å². The lowest BCUT2D eigenvalue weighted by atomic mass is 9.54. The van der Waals surface area contributed by atoms with Gasteiger partial charge in [0.15, 0.2) is 11.6 Å². The molecule has 1 saturated carbocycles. The Balaban J connectivity index is 1.95. The quantitative estimate of drug-likeness (QED) is 0.474. The minimum absolute atomic E-state index is 0.0628. The van der Waals surface area contributed by atoms with Crippen LogP contribution in [-0.4, -0.2) is 54.4 Å².